The second kappa shape index (κ2) is 6.96. The molecular weight excluding hydrogens is 339 g/mol. The minimum Gasteiger partial charge on any atom is -0.394 e. The molecular formula is C17H19N5O4. The molecule has 3 aromatic rings. The molecule has 0 unspecified atom stereocenters. The Morgan fingerprint density at radius 2 is 1.88 bits per heavy atom. The van der Waals surface area contributed by atoms with Gasteiger partial charge in [-0.2, -0.15) is 0 Å². The third-order valence-electron chi connectivity index (χ3n) is 4.45. The van der Waals surface area contributed by atoms with Crippen LogP contribution < -0.4 is 5.32 Å². The van der Waals surface area contributed by atoms with Crippen molar-refractivity contribution in [1.29, 1.82) is 0 Å². The second-order valence-corrected chi connectivity index (χ2v) is 6.11. The summed E-state index contributed by atoms with van der Waals surface area (Å²) in [5.74, 6) is 0.560. The van der Waals surface area contributed by atoms with E-state index in [1.807, 2.05) is 30.3 Å². The highest BCUT2D eigenvalue weighted by Gasteiger charge is 2.44. The number of nitrogens with zero attached hydrogens (tertiary/aromatic N) is 4. The Kier molecular flexibility index (Phi) is 4.51. The van der Waals surface area contributed by atoms with Crippen molar-refractivity contribution in [3.05, 3.63) is 48.5 Å². The number of aliphatic hydroxyl groups is 3. The Bertz CT molecular complexity index is 887. The Hall–Kier alpha value is -2.59. The molecule has 0 amide bonds. The molecule has 1 saturated heterocycles. The first-order valence-corrected chi connectivity index (χ1v) is 8.27. The first-order chi connectivity index (χ1) is 12.7. The number of imidazole rings is 1. The quantitative estimate of drug-likeness (QED) is 0.472. The normalized spacial score (nSPS) is 25.7. The molecule has 0 aliphatic carbocycles. The van der Waals surface area contributed by atoms with Crippen molar-refractivity contribution in [3.8, 4) is 0 Å². The molecule has 1 aromatic carbocycles. The molecule has 1 fully saturated rings. The Morgan fingerprint density at radius 3 is 2.62 bits per heavy atom. The molecule has 0 radical (unpaired) electrons. The summed E-state index contributed by atoms with van der Waals surface area (Å²) in [5.41, 5.74) is 2.09. The number of rotatable bonds is 5. The summed E-state index contributed by atoms with van der Waals surface area (Å²) >= 11 is 0. The van der Waals surface area contributed by atoms with Crippen LogP contribution >= 0.6 is 0 Å². The van der Waals surface area contributed by atoms with E-state index in [1.54, 1.807) is 0 Å². The predicted octanol–water partition coefficient (Wildman–Crippen LogP) is 0.0499. The van der Waals surface area contributed by atoms with Crippen LogP contribution in [0, 0.1) is 0 Å². The van der Waals surface area contributed by atoms with Crippen LogP contribution in [0.25, 0.3) is 11.2 Å². The van der Waals surface area contributed by atoms with E-state index in [0.29, 0.717) is 23.5 Å². The fourth-order valence-electron chi connectivity index (χ4n) is 3.06. The molecule has 0 bridgehead atoms. The first-order valence-electron chi connectivity index (χ1n) is 8.27. The third kappa shape index (κ3) is 2.90. The summed E-state index contributed by atoms with van der Waals surface area (Å²) < 4.78 is 7.08. The highest BCUT2D eigenvalue weighted by Crippen LogP contribution is 2.32. The first kappa shape index (κ1) is 16.9. The third-order valence-corrected chi connectivity index (χ3v) is 4.45. The molecule has 26 heavy (non-hydrogen) atoms. The number of aliphatic hydroxyl groups excluding tert-OH is 3. The van der Waals surface area contributed by atoms with Crippen LogP contribution in [0.2, 0.25) is 0 Å². The van der Waals surface area contributed by atoms with Gasteiger partial charge in [0, 0.05) is 6.54 Å². The molecule has 136 valence electrons. The number of aromatic nitrogens is 4. The van der Waals surface area contributed by atoms with Gasteiger partial charge in [0.05, 0.1) is 12.9 Å². The standard InChI is InChI=1S/C17H19N5O4/c23-7-11-13(24)14(25)17(26-11)22-9-21-12-15(19-8-20-16(12)22)18-6-10-4-2-1-3-5-10/h1-5,8-9,11,13-14,17,23-25H,6-7H2,(H,18,19,20)/t11-,13-,14-,17-/m1/s1/i18+1. The van der Waals surface area contributed by atoms with E-state index in [1.165, 1.54) is 17.2 Å². The van der Waals surface area contributed by atoms with Gasteiger partial charge in [-0.1, -0.05) is 30.3 Å². The van der Waals surface area contributed by atoms with Crippen molar-refractivity contribution < 1.29 is 20.1 Å². The summed E-state index contributed by atoms with van der Waals surface area (Å²) in [7, 11) is 0. The Morgan fingerprint density at radius 1 is 1.08 bits per heavy atom. The van der Waals surface area contributed by atoms with Gasteiger partial charge >= 0.3 is 0 Å². The van der Waals surface area contributed by atoms with Crippen LogP contribution in [0.4, 0.5) is 5.82 Å². The zero-order valence-electron chi connectivity index (χ0n) is 13.8. The number of anilines is 1. The van der Waals surface area contributed by atoms with Crippen LogP contribution in [0.1, 0.15) is 11.8 Å². The van der Waals surface area contributed by atoms with Crippen LogP contribution in [-0.2, 0) is 11.3 Å². The molecule has 2 aromatic heterocycles. The summed E-state index contributed by atoms with van der Waals surface area (Å²) in [6, 6.07) is 9.88. The van der Waals surface area contributed by atoms with Crippen LogP contribution in [-0.4, -0.2) is 59.8 Å². The average molecular weight is 358 g/mol. The number of fused-ring (bicyclic) bond motifs is 1. The number of benzene rings is 1. The van der Waals surface area contributed by atoms with Gasteiger partial charge in [0.15, 0.2) is 23.2 Å². The second-order valence-electron chi connectivity index (χ2n) is 6.11. The lowest BCUT2D eigenvalue weighted by Gasteiger charge is -2.16. The number of nitrogens with one attached hydrogen (secondary N) is 1. The van der Waals surface area contributed by atoms with Gasteiger partial charge in [-0.25, -0.2) is 15.0 Å². The maximum absolute atomic E-state index is 10.2. The molecule has 9 heteroatoms. The van der Waals surface area contributed by atoms with E-state index in [4.69, 9.17) is 4.74 Å². The molecule has 0 saturated carbocycles. The topological polar surface area (TPSA) is 126 Å². The van der Waals surface area contributed by atoms with Crippen LogP contribution in [0.5, 0.6) is 0 Å². The highest BCUT2D eigenvalue weighted by molar-refractivity contribution is 5.82. The van der Waals surface area contributed by atoms with Crippen molar-refractivity contribution in [3.63, 3.8) is 0 Å². The van der Waals surface area contributed by atoms with Gasteiger partial charge in [0.1, 0.15) is 24.6 Å². The molecule has 1 aliphatic rings. The number of hydrogen-bond donors (Lipinski definition) is 4. The lowest BCUT2D eigenvalue weighted by Crippen LogP contribution is -2.33. The monoisotopic (exact) mass is 358 g/mol. The Balaban J connectivity index is 1.61. The zero-order valence-corrected chi connectivity index (χ0v) is 13.8. The fraction of sp³-hybridized carbons (Fsp3) is 0.353. The van der Waals surface area contributed by atoms with Gasteiger partial charge in [0.25, 0.3) is 0 Å². The molecule has 4 atom stereocenters. The van der Waals surface area contributed by atoms with Gasteiger partial charge < -0.3 is 25.4 Å². The van der Waals surface area contributed by atoms with E-state index >= 15 is 0 Å². The smallest absolute Gasteiger partial charge is 0.167 e. The molecule has 1 aliphatic heterocycles. The fourth-order valence-corrected chi connectivity index (χ4v) is 3.06. The van der Waals surface area contributed by atoms with Crippen molar-refractivity contribution in [2.75, 3.05) is 11.9 Å². The van der Waals surface area contributed by atoms with Crippen molar-refractivity contribution >= 4 is 17.0 Å². The summed E-state index contributed by atoms with van der Waals surface area (Å²) in [6.07, 6.45) is -1.24. The molecule has 3 heterocycles. The molecule has 4 N–H and O–H groups in total. The van der Waals surface area contributed by atoms with Gasteiger partial charge in [-0.15, -0.1) is 0 Å². The maximum atomic E-state index is 10.2. The van der Waals surface area contributed by atoms with E-state index in [0.717, 1.165) is 5.56 Å². The predicted molar refractivity (Wildman–Crippen MR) is 92.1 cm³/mol. The lowest BCUT2D eigenvalue weighted by molar-refractivity contribution is -0.0511. The van der Waals surface area contributed by atoms with E-state index in [2.05, 4.69) is 20.3 Å². The zero-order chi connectivity index (χ0) is 18.1. The average Bonchev–Trinajstić information content (AvgIpc) is 3.23. The summed E-state index contributed by atoms with van der Waals surface area (Å²) in [5, 5.41) is 32.6. The molecule has 4 rings (SSSR count). The number of hydrogen-bond acceptors (Lipinski definition) is 8. The van der Waals surface area contributed by atoms with Crippen LogP contribution in [0.15, 0.2) is 43.0 Å². The summed E-state index contributed by atoms with van der Waals surface area (Å²) in [4.78, 5) is 12.8. The van der Waals surface area contributed by atoms with Gasteiger partial charge in [0.2, 0.25) is 0 Å². The van der Waals surface area contributed by atoms with Crippen molar-refractivity contribution in [2.24, 2.45) is 0 Å². The highest BCUT2D eigenvalue weighted by atomic mass is 16.6. The van der Waals surface area contributed by atoms with Crippen molar-refractivity contribution in [2.45, 2.75) is 31.1 Å². The lowest BCUT2D eigenvalue weighted by atomic mass is 10.1. The van der Waals surface area contributed by atoms with E-state index < -0.39 is 24.5 Å². The molecule has 0 spiro atoms. The van der Waals surface area contributed by atoms with E-state index in [9.17, 15) is 15.3 Å². The van der Waals surface area contributed by atoms with Gasteiger partial charge in [-0.3, -0.25) is 4.57 Å². The maximum Gasteiger partial charge on any atom is 0.167 e. The van der Waals surface area contributed by atoms with Crippen LogP contribution in [0.3, 0.4) is 0 Å². The number of ether oxygens (including phenoxy) is 1. The van der Waals surface area contributed by atoms with Gasteiger partial charge in [-0.05, 0) is 5.56 Å². The SMILES string of the molecule is OC[C@H]1O[C@@H](n2cnc3c([15NH]Cc4ccccc4)ncnc32)[C@H](O)[C@@H]1O. The minimum atomic E-state index is -1.19. The van der Waals surface area contributed by atoms with Crippen molar-refractivity contribution in [1.82, 2.24) is 19.5 Å². The van der Waals surface area contributed by atoms with E-state index in [-0.39, 0.29) is 6.61 Å². The largest absolute Gasteiger partial charge is 0.394 e. The molecule has 9 nitrogen and oxygen atoms in total. The Labute approximate surface area is 148 Å². The summed E-state index contributed by atoms with van der Waals surface area (Å²) in [6.45, 7) is 0.188. The minimum absolute atomic E-state index is 0.389.